The summed E-state index contributed by atoms with van der Waals surface area (Å²) in [5, 5.41) is 6.07. The third-order valence-electron chi connectivity index (χ3n) is 2.76. The number of benzene rings is 1. The first-order valence-corrected chi connectivity index (χ1v) is 7.60. The molecule has 0 spiro atoms. The lowest BCUT2D eigenvalue weighted by atomic mass is 10.2. The summed E-state index contributed by atoms with van der Waals surface area (Å²) in [5.41, 5.74) is 1.99. The summed E-state index contributed by atoms with van der Waals surface area (Å²) >= 11 is 6.01. The molecule has 2 aromatic rings. The van der Waals surface area contributed by atoms with Crippen molar-refractivity contribution in [3.8, 4) is 0 Å². The van der Waals surface area contributed by atoms with E-state index in [9.17, 15) is 4.79 Å². The normalized spacial score (nSPS) is 11.0. The summed E-state index contributed by atoms with van der Waals surface area (Å²) in [6.07, 6.45) is -0.541. The van der Waals surface area contributed by atoms with Crippen LogP contribution in [0.25, 0.3) is 0 Å². The van der Waals surface area contributed by atoms with E-state index in [0.29, 0.717) is 11.5 Å². The number of amides is 1. The Morgan fingerprint density at radius 1 is 1.13 bits per heavy atom. The van der Waals surface area contributed by atoms with Gasteiger partial charge in [-0.15, -0.1) is 0 Å². The number of hydrogen-bond acceptors (Lipinski definition) is 4. The monoisotopic (exact) mass is 333 g/mol. The van der Waals surface area contributed by atoms with Gasteiger partial charge in [0, 0.05) is 11.8 Å². The van der Waals surface area contributed by atoms with Gasteiger partial charge in [-0.05, 0) is 45.9 Å². The van der Waals surface area contributed by atoms with Gasteiger partial charge in [0.15, 0.2) is 0 Å². The SMILES string of the molecule is Cc1ccc(Nc2cc(NC(=O)OC(C)(C)C)cc(Cl)n2)cc1. The maximum Gasteiger partial charge on any atom is 0.412 e. The van der Waals surface area contributed by atoms with Crippen LogP contribution in [-0.4, -0.2) is 16.7 Å². The lowest BCUT2D eigenvalue weighted by Crippen LogP contribution is -2.27. The highest BCUT2D eigenvalue weighted by atomic mass is 35.5. The Balaban J connectivity index is 2.12. The molecule has 0 saturated carbocycles. The Morgan fingerprint density at radius 2 is 1.78 bits per heavy atom. The van der Waals surface area contributed by atoms with Gasteiger partial charge < -0.3 is 10.1 Å². The second-order valence-corrected chi connectivity index (χ2v) is 6.57. The van der Waals surface area contributed by atoms with Crippen molar-refractivity contribution in [2.75, 3.05) is 10.6 Å². The van der Waals surface area contributed by atoms with Crippen LogP contribution in [0.5, 0.6) is 0 Å². The van der Waals surface area contributed by atoms with Gasteiger partial charge in [-0.3, -0.25) is 5.32 Å². The fourth-order valence-electron chi connectivity index (χ4n) is 1.84. The number of carbonyl (C=O) groups is 1. The predicted octanol–water partition coefficient (Wildman–Crippen LogP) is 5.13. The van der Waals surface area contributed by atoms with Crippen LogP contribution in [0.15, 0.2) is 36.4 Å². The van der Waals surface area contributed by atoms with Gasteiger partial charge in [-0.25, -0.2) is 9.78 Å². The lowest BCUT2D eigenvalue weighted by Gasteiger charge is -2.19. The molecule has 1 aromatic carbocycles. The minimum Gasteiger partial charge on any atom is -0.444 e. The second kappa shape index (κ2) is 6.87. The van der Waals surface area contributed by atoms with Crippen LogP contribution in [-0.2, 0) is 4.74 Å². The fraction of sp³-hybridized carbons (Fsp3) is 0.294. The highest BCUT2D eigenvalue weighted by molar-refractivity contribution is 6.29. The van der Waals surface area contributed by atoms with Gasteiger partial charge >= 0.3 is 6.09 Å². The summed E-state index contributed by atoms with van der Waals surface area (Å²) in [5.74, 6) is 0.535. The van der Waals surface area contributed by atoms with E-state index in [-0.39, 0.29) is 5.15 Å². The van der Waals surface area contributed by atoms with Crippen LogP contribution < -0.4 is 10.6 Å². The first-order chi connectivity index (χ1) is 10.7. The van der Waals surface area contributed by atoms with E-state index < -0.39 is 11.7 Å². The van der Waals surface area contributed by atoms with Crippen molar-refractivity contribution in [2.24, 2.45) is 0 Å². The summed E-state index contributed by atoms with van der Waals surface area (Å²) in [4.78, 5) is 16.0. The molecule has 5 nitrogen and oxygen atoms in total. The van der Waals surface area contributed by atoms with E-state index in [1.165, 1.54) is 5.56 Å². The zero-order chi connectivity index (χ0) is 17.0. The summed E-state index contributed by atoms with van der Waals surface area (Å²) in [6, 6.07) is 11.1. The highest BCUT2D eigenvalue weighted by Gasteiger charge is 2.16. The number of carbonyl (C=O) groups excluding carboxylic acids is 1. The largest absolute Gasteiger partial charge is 0.444 e. The Morgan fingerprint density at radius 3 is 2.39 bits per heavy atom. The molecule has 0 atom stereocenters. The summed E-state index contributed by atoms with van der Waals surface area (Å²) in [7, 11) is 0. The van der Waals surface area contributed by atoms with Crippen LogP contribution in [0.3, 0.4) is 0 Å². The molecule has 2 N–H and O–H groups in total. The third kappa shape index (κ3) is 5.79. The Hall–Kier alpha value is -2.27. The maximum absolute atomic E-state index is 11.8. The lowest BCUT2D eigenvalue weighted by molar-refractivity contribution is 0.0636. The molecule has 0 fully saturated rings. The van der Waals surface area contributed by atoms with E-state index in [0.717, 1.165) is 5.69 Å². The molecule has 0 unspecified atom stereocenters. The van der Waals surface area contributed by atoms with Gasteiger partial charge in [0.25, 0.3) is 0 Å². The standard InChI is InChI=1S/C17H20ClN3O2/c1-11-5-7-12(8-6-11)19-15-10-13(9-14(18)21-15)20-16(22)23-17(2,3)4/h5-10H,1-4H3,(H2,19,20,21,22). The van der Waals surface area contributed by atoms with Gasteiger partial charge in [0.2, 0.25) is 0 Å². The number of halogens is 1. The molecule has 0 aliphatic heterocycles. The zero-order valence-electron chi connectivity index (χ0n) is 13.6. The number of anilines is 3. The smallest absolute Gasteiger partial charge is 0.412 e. The number of rotatable bonds is 3. The fourth-order valence-corrected chi connectivity index (χ4v) is 2.05. The molecule has 2 rings (SSSR count). The average molecular weight is 334 g/mol. The summed E-state index contributed by atoms with van der Waals surface area (Å²) in [6.45, 7) is 7.42. The van der Waals surface area contributed by atoms with Gasteiger partial charge in [0.1, 0.15) is 16.6 Å². The van der Waals surface area contributed by atoms with E-state index in [1.54, 1.807) is 32.9 Å². The van der Waals surface area contributed by atoms with E-state index >= 15 is 0 Å². The molecule has 0 radical (unpaired) electrons. The van der Waals surface area contributed by atoms with Crippen LogP contribution in [0, 0.1) is 6.92 Å². The molecule has 0 bridgehead atoms. The zero-order valence-corrected chi connectivity index (χ0v) is 14.4. The molecule has 1 amide bonds. The van der Waals surface area contributed by atoms with Crippen molar-refractivity contribution in [3.63, 3.8) is 0 Å². The molecule has 6 heteroatoms. The van der Waals surface area contributed by atoms with Gasteiger partial charge in [-0.1, -0.05) is 29.3 Å². The van der Waals surface area contributed by atoms with Gasteiger partial charge in [0.05, 0.1) is 5.69 Å². The molecular weight excluding hydrogens is 314 g/mol. The predicted molar refractivity (Wildman–Crippen MR) is 93.6 cm³/mol. The second-order valence-electron chi connectivity index (χ2n) is 6.18. The Labute approximate surface area is 141 Å². The van der Waals surface area contributed by atoms with Gasteiger partial charge in [-0.2, -0.15) is 0 Å². The van der Waals surface area contributed by atoms with Crippen molar-refractivity contribution >= 4 is 34.9 Å². The van der Waals surface area contributed by atoms with Crippen LogP contribution in [0.4, 0.5) is 22.0 Å². The number of ether oxygens (including phenoxy) is 1. The molecule has 122 valence electrons. The molecule has 23 heavy (non-hydrogen) atoms. The van der Waals surface area contributed by atoms with Crippen LogP contribution in [0.1, 0.15) is 26.3 Å². The molecule has 1 aromatic heterocycles. The van der Waals surface area contributed by atoms with Crippen molar-refractivity contribution in [1.82, 2.24) is 4.98 Å². The minimum absolute atomic E-state index is 0.271. The van der Waals surface area contributed by atoms with Crippen molar-refractivity contribution in [3.05, 3.63) is 47.1 Å². The van der Waals surface area contributed by atoms with Crippen molar-refractivity contribution < 1.29 is 9.53 Å². The van der Waals surface area contributed by atoms with E-state index in [2.05, 4.69) is 15.6 Å². The number of pyridine rings is 1. The molecule has 0 saturated heterocycles. The first-order valence-electron chi connectivity index (χ1n) is 7.22. The number of aromatic nitrogens is 1. The third-order valence-corrected chi connectivity index (χ3v) is 2.96. The first kappa shape index (κ1) is 17.1. The molecular formula is C17H20ClN3O2. The molecule has 0 aliphatic rings. The number of hydrogen-bond donors (Lipinski definition) is 2. The quantitative estimate of drug-likeness (QED) is 0.764. The molecule has 0 aliphatic carbocycles. The number of aryl methyl sites for hydroxylation is 1. The van der Waals surface area contributed by atoms with E-state index in [1.807, 2.05) is 31.2 Å². The number of nitrogens with one attached hydrogen (secondary N) is 2. The molecule has 1 heterocycles. The minimum atomic E-state index is -0.566. The topological polar surface area (TPSA) is 63.2 Å². The maximum atomic E-state index is 11.8. The average Bonchev–Trinajstić information content (AvgIpc) is 2.38. The summed E-state index contributed by atoms with van der Waals surface area (Å²) < 4.78 is 5.22. The number of nitrogens with zero attached hydrogens (tertiary/aromatic N) is 1. The van der Waals surface area contributed by atoms with Crippen molar-refractivity contribution in [2.45, 2.75) is 33.3 Å². The van der Waals surface area contributed by atoms with Crippen LogP contribution >= 0.6 is 11.6 Å². The van der Waals surface area contributed by atoms with Crippen molar-refractivity contribution in [1.29, 1.82) is 0 Å². The Kier molecular flexibility index (Phi) is 5.11. The van der Waals surface area contributed by atoms with E-state index in [4.69, 9.17) is 16.3 Å². The highest BCUT2D eigenvalue weighted by Crippen LogP contribution is 2.23. The Bertz CT molecular complexity index is 694. The van der Waals surface area contributed by atoms with Crippen LogP contribution in [0.2, 0.25) is 5.15 Å².